The Morgan fingerprint density at radius 2 is 1.68 bits per heavy atom. The molecule has 31 heavy (non-hydrogen) atoms. The number of aromatic nitrogens is 1. The fourth-order valence-corrected chi connectivity index (χ4v) is 3.47. The predicted molar refractivity (Wildman–Crippen MR) is 112 cm³/mol. The number of nitrogens with zero attached hydrogens (tertiary/aromatic N) is 1. The highest BCUT2D eigenvalue weighted by Crippen LogP contribution is 2.34. The van der Waals surface area contributed by atoms with Crippen LogP contribution in [0.3, 0.4) is 0 Å². The summed E-state index contributed by atoms with van der Waals surface area (Å²) in [6.07, 6.45) is -4.06. The van der Waals surface area contributed by atoms with Crippen molar-refractivity contribution in [2.45, 2.75) is 46.8 Å². The quantitative estimate of drug-likeness (QED) is 0.498. The molecule has 0 unspecified atom stereocenters. The van der Waals surface area contributed by atoms with Gasteiger partial charge in [-0.15, -0.1) is 0 Å². The van der Waals surface area contributed by atoms with Crippen LogP contribution in [0.5, 0.6) is 0 Å². The van der Waals surface area contributed by atoms with Crippen molar-refractivity contribution < 1.29 is 22.4 Å². The lowest BCUT2D eigenvalue weighted by atomic mass is 9.87. The molecule has 0 bridgehead atoms. The van der Waals surface area contributed by atoms with Crippen molar-refractivity contribution in [3.8, 4) is 0 Å². The highest BCUT2D eigenvalue weighted by Gasteiger charge is 2.31. The van der Waals surface area contributed by atoms with Gasteiger partial charge in [-0.05, 0) is 54.2 Å². The first-order chi connectivity index (χ1) is 14.3. The van der Waals surface area contributed by atoms with Gasteiger partial charge in [-0.25, -0.2) is 4.39 Å². The van der Waals surface area contributed by atoms with Crippen molar-refractivity contribution in [2.24, 2.45) is 5.41 Å². The summed E-state index contributed by atoms with van der Waals surface area (Å²) in [4.78, 5) is 17.5. The highest BCUT2D eigenvalue weighted by atomic mass is 19.4. The van der Waals surface area contributed by atoms with E-state index < -0.39 is 11.7 Å². The molecule has 0 saturated heterocycles. The summed E-state index contributed by atoms with van der Waals surface area (Å²) in [7, 11) is 0. The molecule has 1 heterocycles. The zero-order valence-electron chi connectivity index (χ0n) is 17.8. The molecule has 1 amide bonds. The Hall–Kier alpha value is -2.96. The summed E-state index contributed by atoms with van der Waals surface area (Å²) in [5, 5.41) is 3.32. The summed E-state index contributed by atoms with van der Waals surface area (Å²) < 4.78 is 52.6. The minimum Gasteiger partial charge on any atom is -0.348 e. The van der Waals surface area contributed by atoms with Crippen molar-refractivity contribution in [3.05, 3.63) is 76.2 Å². The minimum atomic E-state index is -4.47. The molecule has 1 aromatic heterocycles. The van der Waals surface area contributed by atoms with E-state index in [-0.39, 0.29) is 29.2 Å². The van der Waals surface area contributed by atoms with E-state index in [1.807, 2.05) is 20.8 Å². The molecule has 0 saturated carbocycles. The van der Waals surface area contributed by atoms with E-state index in [1.54, 1.807) is 19.1 Å². The van der Waals surface area contributed by atoms with E-state index in [4.69, 9.17) is 0 Å². The minimum absolute atomic E-state index is 0.193. The second-order valence-corrected chi connectivity index (χ2v) is 8.83. The number of hydrogen-bond donors (Lipinski definition) is 1. The van der Waals surface area contributed by atoms with Crippen LogP contribution in [-0.4, -0.2) is 10.9 Å². The maximum Gasteiger partial charge on any atom is 0.416 e. The Morgan fingerprint density at radius 1 is 1.03 bits per heavy atom. The SMILES string of the molecule is Cc1c(C(=O)NCc2ccc(F)cc2)c(CC(C)(C)C)nc2cc(C(F)(F)F)ccc12. The van der Waals surface area contributed by atoms with E-state index in [0.717, 1.165) is 17.7 Å². The Balaban J connectivity index is 2.04. The van der Waals surface area contributed by atoms with Crippen molar-refractivity contribution >= 4 is 16.8 Å². The van der Waals surface area contributed by atoms with Gasteiger partial charge in [-0.3, -0.25) is 9.78 Å². The van der Waals surface area contributed by atoms with Crippen molar-refractivity contribution in [1.82, 2.24) is 10.3 Å². The van der Waals surface area contributed by atoms with Gasteiger partial charge in [0.25, 0.3) is 5.91 Å². The standard InChI is InChI=1S/C24H24F4N2O/c1-14-18-10-7-16(24(26,27)28)11-19(18)30-20(12-23(2,3)4)21(14)22(31)29-13-15-5-8-17(25)9-6-15/h5-11H,12-13H2,1-4H3,(H,29,31). The smallest absolute Gasteiger partial charge is 0.348 e. The van der Waals surface area contributed by atoms with Crippen LogP contribution in [0.15, 0.2) is 42.5 Å². The van der Waals surface area contributed by atoms with Crippen LogP contribution in [-0.2, 0) is 19.1 Å². The van der Waals surface area contributed by atoms with Gasteiger partial charge in [0.2, 0.25) is 0 Å². The third-order valence-corrected chi connectivity index (χ3v) is 4.94. The number of pyridine rings is 1. The van der Waals surface area contributed by atoms with Crippen LogP contribution >= 0.6 is 0 Å². The Morgan fingerprint density at radius 3 is 2.26 bits per heavy atom. The van der Waals surface area contributed by atoms with E-state index in [2.05, 4.69) is 10.3 Å². The number of carbonyl (C=O) groups is 1. The summed E-state index contributed by atoms with van der Waals surface area (Å²) in [6.45, 7) is 7.83. The van der Waals surface area contributed by atoms with E-state index >= 15 is 0 Å². The maximum atomic E-state index is 13.2. The molecule has 164 valence electrons. The van der Waals surface area contributed by atoms with Crippen molar-refractivity contribution in [3.63, 3.8) is 0 Å². The van der Waals surface area contributed by atoms with E-state index in [0.29, 0.717) is 28.6 Å². The average molecular weight is 432 g/mol. The Kier molecular flexibility index (Phi) is 6.07. The number of halogens is 4. The molecule has 0 fully saturated rings. The van der Waals surface area contributed by atoms with Gasteiger partial charge < -0.3 is 5.32 Å². The molecule has 0 radical (unpaired) electrons. The number of alkyl halides is 3. The van der Waals surface area contributed by atoms with Crippen molar-refractivity contribution in [2.75, 3.05) is 0 Å². The number of aryl methyl sites for hydroxylation is 1. The molecule has 3 aromatic rings. The summed E-state index contributed by atoms with van der Waals surface area (Å²) >= 11 is 0. The van der Waals surface area contributed by atoms with Gasteiger partial charge >= 0.3 is 6.18 Å². The molecule has 0 aliphatic rings. The highest BCUT2D eigenvalue weighted by molar-refractivity contribution is 6.01. The topological polar surface area (TPSA) is 42.0 Å². The molecular weight excluding hydrogens is 408 g/mol. The number of nitrogens with one attached hydrogen (secondary N) is 1. The van der Waals surface area contributed by atoms with Gasteiger partial charge in [0.1, 0.15) is 5.82 Å². The van der Waals surface area contributed by atoms with Crippen LogP contribution in [0.1, 0.15) is 53.5 Å². The third kappa shape index (κ3) is 5.40. The zero-order chi connectivity index (χ0) is 23.0. The first-order valence-corrected chi connectivity index (χ1v) is 9.88. The zero-order valence-corrected chi connectivity index (χ0v) is 17.8. The fourth-order valence-electron chi connectivity index (χ4n) is 3.47. The second kappa shape index (κ2) is 8.29. The second-order valence-electron chi connectivity index (χ2n) is 8.83. The molecular formula is C24H24F4N2O. The summed E-state index contributed by atoms with van der Waals surface area (Å²) in [5.41, 5.74) is 1.32. The largest absolute Gasteiger partial charge is 0.416 e. The fraction of sp³-hybridized carbons (Fsp3) is 0.333. The number of benzene rings is 2. The molecule has 0 atom stereocenters. The Labute approximate surface area is 178 Å². The van der Waals surface area contributed by atoms with Crippen LogP contribution in [0.2, 0.25) is 0 Å². The lowest BCUT2D eigenvalue weighted by Gasteiger charge is -2.22. The van der Waals surface area contributed by atoms with E-state index in [1.165, 1.54) is 18.2 Å². The van der Waals surface area contributed by atoms with Gasteiger partial charge in [0.05, 0.1) is 22.3 Å². The molecule has 2 aromatic carbocycles. The number of rotatable bonds is 4. The maximum absolute atomic E-state index is 13.2. The van der Waals surface area contributed by atoms with Gasteiger partial charge in [0, 0.05) is 11.9 Å². The molecule has 7 heteroatoms. The van der Waals surface area contributed by atoms with Crippen LogP contribution in [0, 0.1) is 18.2 Å². The molecule has 0 aliphatic carbocycles. The van der Waals surface area contributed by atoms with Crippen LogP contribution in [0.25, 0.3) is 10.9 Å². The first kappa shape index (κ1) is 22.7. The molecule has 3 nitrogen and oxygen atoms in total. The van der Waals surface area contributed by atoms with Crippen LogP contribution in [0.4, 0.5) is 17.6 Å². The molecule has 0 spiro atoms. The van der Waals surface area contributed by atoms with Gasteiger partial charge in [0.15, 0.2) is 0 Å². The van der Waals surface area contributed by atoms with Gasteiger partial charge in [-0.2, -0.15) is 13.2 Å². The van der Waals surface area contributed by atoms with E-state index in [9.17, 15) is 22.4 Å². The third-order valence-electron chi connectivity index (χ3n) is 4.94. The summed E-state index contributed by atoms with van der Waals surface area (Å²) in [6, 6.07) is 9.17. The Bertz CT molecular complexity index is 1110. The van der Waals surface area contributed by atoms with Crippen molar-refractivity contribution in [1.29, 1.82) is 0 Å². The number of amides is 1. The lowest BCUT2D eigenvalue weighted by molar-refractivity contribution is -0.137. The van der Waals surface area contributed by atoms with Gasteiger partial charge in [-0.1, -0.05) is 39.0 Å². The average Bonchev–Trinajstić information content (AvgIpc) is 2.65. The molecule has 1 N–H and O–H groups in total. The normalized spacial score (nSPS) is 12.3. The number of fused-ring (bicyclic) bond motifs is 1. The monoisotopic (exact) mass is 432 g/mol. The first-order valence-electron chi connectivity index (χ1n) is 9.88. The summed E-state index contributed by atoms with van der Waals surface area (Å²) in [5.74, 6) is -0.731. The molecule has 3 rings (SSSR count). The van der Waals surface area contributed by atoms with Crippen LogP contribution < -0.4 is 5.32 Å². The molecule has 0 aliphatic heterocycles. The number of carbonyl (C=O) groups excluding carboxylic acids is 1. The lowest BCUT2D eigenvalue weighted by Crippen LogP contribution is -2.27. The predicted octanol–water partition coefficient (Wildman–Crippen LogP) is 6.22. The number of hydrogen-bond acceptors (Lipinski definition) is 2.